The van der Waals surface area contributed by atoms with Crippen molar-refractivity contribution in [1.82, 2.24) is 0 Å². The monoisotopic (exact) mass is 370 g/mol. The fourth-order valence-electron chi connectivity index (χ4n) is 2.31. The standard InChI is InChI=1S/C21H26F4O/c1-12(2)18(22)20(24)16(6)14(4)8-7-13(3)11-26-17-10-9-15(5)19(23)21(17)25/h9-10,13-14H,1,6-8,11H2,2-5H3/b20-18-. The van der Waals surface area contributed by atoms with E-state index in [4.69, 9.17) is 4.74 Å². The molecular weight excluding hydrogens is 344 g/mol. The smallest absolute Gasteiger partial charge is 0.200 e. The molecule has 1 aromatic carbocycles. The summed E-state index contributed by atoms with van der Waals surface area (Å²) in [6.45, 7) is 13.7. The van der Waals surface area contributed by atoms with E-state index < -0.39 is 23.3 Å². The van der Waals surface area contributed by atoms with Gasteiger partial charge in [0.1, 0.15) is 0 Å². The third-order valence-corrected chi connectivity index (χ3v) is 4.30. The Labute approximate surface area is 153 Å². The first-order valence-electron chi connectivity index (χ1n) is 8.53. The van der Waals surface area contributed by atoms with Gasteiger partial charge in [0.25, 0.3) is 0 Å². The SMILES string of the molecule is C=C(C)/C(F)=C(/F)C(=C)C(C)CCC(C)COc1ccc(C)c(F)c1F. The Morgan fingerprint density at radius 1 is 1.04 bits per heavy atom. The van der Waals surface area contributed by atoms with Crippen LogP contribution in [-0.4, -0.2) is 6.61 Å². The molecule has 2 unspecified atom stereocenters. The van der Waals surface area contributed by atoms with Crippen LogP contribution in [0.15, 0.2) is 48.1 Å². The van der Waals surface area contributed by atoms with Crippen molar-refractivity contribution >= 4 is 0 Å². The molecule has 5 heteroatoms. The molecule has 0 aliphatic heterocycles. The highest BCUT2D eigenvalue weighted by atomic mass is 19.2. The molecule has 0 bridgehead atoms. The largest absolute Gasteiger partial charge is 0.490 e. The van der Waals surface area contributed by atoms with Crippen LogP contribution in [0.4, 0.5) is 17.6 Å². The first-order valence-corrected chi connectivity index (χ1v) is 8.53. The van der Waals surface area contributed by atoms with E-state index in [1.54, 1.807) is 6.92 Å². The highest BCUT2D eigenvalue weighted by Gasteiger charge is 2.18. The average Bonchev–Trinajstić information content (AvgIpc) is 2.61. The second-order valence-corrected chi connectivity index (χ2v) is 6.84. The Morgan fingerprint density at radius 3 is 2.23 bits per heavy atom. The lowest BCUT2D eigenvalue weighted by atomic mass is 9.92. The van der Waals surface area contributed by atoms with Crippen molar-refractivity contribution in [1.29, 1.82) is 0 Å². The lowest BCUT2D eigenvalue weighted by molar-refractivity contribution is 0.233. The van der Waals surface area contributed by atoms with Gasteiger partial charge in [0, 0.05) is 0 Å². The molecular formula is C21H26F4O. The van der Waals surface area contributed by atoms with Crippen LogP contribution >= 0.6 is 0 Å². The molecule has 0 amide bonds. The molecule has 1 aromatic rings. The van der Waals surface area contributed by atoms with Gasteiger partial charge in [-0.3, -0.25) is 0 Å². The van der Waals surface area contributed by atoms with Gasteiger partial charge in [-0.05, 0) is 61.3 Å². The van der Waals surface area contributed by atoms with E-state index in [-0.39, 0.29) is 40.9 Å². The number of halogens is 4. The lowest BCUT2D eigenvalue weighted by Crippen LogP contribution is -2.12. The van der Waals surface area contributed by atoms with Gasteiger partial charge in [0.2, 0.25) is 5.82 Å². The molecule has 144 valence electrons. The maximum atomic E-state index is 13.9. The molecule has 0 N–H and O–H groups in total. The van der Waals surface area contributed by atoms with Gasteiger partial charge in [-0.2, -0.15) is 4.39 Å². The molecule has 0 heterocycles. The molecule has 2 atom stereocenters. The Bertz CT molecular complexity index is 706. The van der Waals surface area contributed by atoms with Crippen LogP contribution in [0, 0.1) is 30.4 Å². The van der Waals surface area contributed by atoms with E-state index in [0.29, 0.717) is 12.8 Å². The summed E-state index contributed by atoms with van der Waals surface area (Å²) in [4.78, 5) is 0. The first kappa shape index (κ1) is 22.0. The van der Waals surface area contributed by atoms with Crippen molar-refractivity contribution in [2.75, 3.05) is 6.61 Å². The van der Waals surface area contributed by atoms with E-state index in [0.717, 1.165) is 0 Å². The minimum Gasteiger partial charge on any atom is -0.490 e. The summed E-state index contributed by atoms with van der Waals surface area (Å²) in [6.07, 6.45) is 1.20. The molecule has 0 saturated heterocycles. The molecule has 0 aliphatic carbocycles. The van der Waals surface area contributed by atoms with Crippen molar-refractivity contribution < 1.29 is 22.3 Å². The predicted octanol–water partition coefficient (Wildman–Crippen LogP) is 6.99. The minimum absolute atomic E-state index is 0.0185. The zero-order chi connectivity index (χ0) is 20.0. The predicted molar refractivity (Wildman–Crippen MR) is 97.3 cm³/mol. The number of allylic oxidation sites excluding steroid dienone is 4. The maximum absolute atomic E-state index is 13.9. The highest BCUT2D eigenvalue weighted by Crippen LogP contribution is 2.30. The van der Waals surface area contributed by atoms with Gasteiger partial charge in [0.05, 0.1) is 6.61 Å². The van der Waals surface area contributed by atoms with Gasteiger partial charge in [0.15, 0.2) is 23.2 Å². The third kappa shape index (κ3) is 5.75. The number of ether oxygens (including phenoxy) is 1. The van der Waals surface area contributed by atoms with E-state index in [1.165, 1.54) is 26.0 Å². The van der Waals surface area contributed by atoms with Crippen LogP contribution in [-0.2, 0) is 0 Å². The Hall–Kier alpha value is -2.04. The first-order chi connectivity index (χ1) is 12.1. The Morgan fingerprint density at radius 2 is 1.65 bits per heavy atom. The van der Waals surface area contributed by atoms with Crippen LogP contribution in [0.1, 0.15) is 39.2 Å². The molecule has 0 fully saturated rings. The molecule has 0 aromatic heterocycles. The summed E-state index contributed by atoms with van der Waals surface area (Å²) in [5, 5.41) is 0. The molecule has 0 spiro atoms. The Balaban J connectivity index is 2.55. The normalized spacial score (nSPS) is 14.5. The number of aryl methyl sites for hydroxylation is 1. The molecule has 1 nitrogen and oxygen atoms in total. The molecule has 1 rings (SSSR count). The summed E-state index contributed by atoms with van der Waals surface area (Å²) < 4.78 is 60.2. The summed E-state index contributed by atoms with van der Waals surface area (Å²) in [6, 6.07) is 2.85. The second kappa shape index (κ2) is 9.60. The summed E-state index contributed by atoms with van der Waals surface area (Å²) in [5.74, 6) is -4.23. The Kier molecular flexibility index (Phi) is 8.12. The number of benzene rings is 1. The maximum Gasteiger partial charge on any atom is 0.200 e. The fraction of sp³-hybridized carbons (Fsp3) is 0.429. The molecule has 26 heavy (non-hydrogen) atoms. The number of hydrogen-bond donors (Lipinski definition) is 0. The molecule has 0 saturated carbocycles. The van der Waals surface area contributed by atoms with Crippen LogP contribution in [0.25, 0.3) is 0 Å². The average molecular weight is 370 g/mol. The van der Waals surface area contributed by atoms with Crippen LogP contribution in [0.5, 0.6) is 5.75 Å². The van der Waals surface area contributed by atoms with E-state index >= 15 is 0 Å². The van der Waals surface area contributed by atoms with E-state index in [2.05, 4.69) is 13.2 Å². The second-order valence-electron chi connectivity index (χ2n) is 6.84. The minimum atomic E-state index is -0.999. The van der Waals surface area contributed by atoms with Gasteiger partial charge < -0.3 is 4.74 Å². The van der Waals surface area contributed by atoms with E-state index in [1.807, 2.05) is 6.92 Å². The summed E-state index contributed by atoms with van der Waals surface area (Å²) >= 11 is 0. The molecule has 0 radical (unpaired) electrons. The fourth-order valence-corrected chi connectivity index (χ4v) is 2.31. The van der Waals surface area contributed by atoms with Crippen molar-refractivity contribution in [3.05, 3.63) is 65.3 Å². The van der Waals surface area contributed by atoms with Crippen molar-refractivity contribution in [2.24, 2.45) is 11.8 Å². The van der Waals surface area contributed by atoms with Crippen LogP contribution in [0.2, 0.25) is 0 Å². The van der Waals surface area contributed by atoms with Crippen molar-refractivity contribution in [2.45, 2.75) is 40.5 Å². The number of hydrogen-bond acceptors (Lipinski definition) is 1. The van der Waals surface area contributed by atoms with Crippen LogP contribution in [0.3, 0.4) is 0 Å². The topological polar surface area (TPSA) is 9.23 Å². The van der Waals surface area contributed by atoms with Gasteiger partial charge >= 0.3 is 0 Å². The zero-order valence-corrected chi connectivity index (χ0v) is 15.8. The van der Waals surface area contributed by atoms with Gasteiger partial charge in [-0.25, -0.2) is 13.2 Å². The van der Waals surface area contributed by atoms with Gasteiger partial charge in [-0.15, -0.1) is 0 Å². The van der Waals surface area contributed by atoms with E-state index in [9.17, 15) is 17.6 Å². The molecule has 0 aliphatic rings. The summed E-state index contributed by atoms with van der Waals surface area (Å²) in [5.41, 5.74) is 0.322. The van der Waals surface area contributed by atoms with Gasteiger partial charge in [-0.1, -0.05) is 33.1 Å². The number of rotatable bonds is 9. The van der Waals surface area contributed by atoms with Crippen molar-refractivity contribution in [3.8, 4) is 5.75 Å². The summed E-state index contributed by atoms with van der Waals surface area (Å²) in [7, 11) is 0. The lowest BCUT2D eigenvalue weighted by Gasteiger charge is -2.18. The quantitative estimate of drug-likeness (QED) is 0.336. The van der Waals surface area contributed by atoms with Crippen LogP contribution < -0.4 is 4.74 Å². The highest BCUT2D eigenvalue weighted by molar-refractivity contribution is 5.35. The zero-order valence-electron chi connectivity index (χ0n) is 15.8. The van der Waals surface area contributed by atoms with Crippen molar-refractivity contribution in [3.63, 3.8) is 0 Å². The third-order valence-electron chi connectivity index (χ3n) is 4.30.